The van der Waals surface area contributed by atoms with Gasteiger partial charge in [-0.15, -0.1) is 0 Å². The molecule has 1 aromatic heterocycles. The van der Waals surface area contributed by atoms with Crippen molar-refractivity contribution in [3.8, 4) is 10.1 Å². The molecular weight excluding hydrogens is 242 g/mol. The molecule has 0 fully saturated rings. The molecule has 0 unspecified atom stereocenters. The Hall–Kier alpha value is -1.56. The molecule has 0 spiro atoms. The van der Waals surface area contributed by atoms with Crippen molar-refractivity contribution in [3.63, 3.8) is 0 Å². The van der Waals surface area contributed by atoms with Crippen molar-refractivity contribution in [1.29, 1.82) is 0 Å². The lowest BCUT2D eigenvalue weighted by Gasteiger charge is -1.99. The number of rotatable bonds is 5. The van der Waals surface area contributed by atoms with Crippen molar-refractivity contribution in [3.05, 3.63) is 26.9 Å². The molecule has 0 radical (unpaired) electrons. The molecule has 0 aliphatic carbocycles. The molecule has 0 aliphatic heterocycles. The minimum absolute atomic E-state index is 0.159. The highest BCUT2D eigenvalue weighted by atomic mass is 32.1. The first-order valence-electron chi connectivity index (χ1n) is 5.11. The van der Waals surface area contributed by atoms with Gasteiger partial charge in [-0.25, -0.2) is 0 Å². The quantitative estimate of drug-likeness (QED) is 0.600. The SMILES string of the molecule is CCC(=Cc1c(OC)sc(OC)c1C)[N+](=O)[O-]. The van der Waals surface area contributed by atoms with Crippen LogP contribution in [-0.4, -0.2) is 19.1 Å². The highest BCUT2D eigenvalue weighted by Gasteiger charge is 2.18. The Morgan fingerprint density at radius 1 is 1.41 bits per heavy atom. The van der Waals surface area contributed by atoms with Gasteiger partial charge >= 0.3 is 0 Å². The average molecular weight is 257 g/mol. The van der Waals surface area contributed by atoms with Crippen LogP contribution in [0.25, 0.3) is 6.08 Å². The van der Waals surface area contributed by atoms with Crippen LogP contribution in [0, 0.1) is 17.0 Å². The average Bonchev–Trinajstić information content (AvgIpc) is 2.62. The zero-order valence-electron chi connectivity index (χ0n) is 10.3. The largest absolute Gasteiger partial charge is 0.487 e. The van der Waals surface area contributed by atoms with Gasteiger partial charge in [0.05, 0.1) is 19.1 Å². The van der Waals surface area contributed by atoms with E-state index in [1.165, 1.54) is 11.3 Å². The predicted molar refractivity (Wildman–Crippen MR) is 67.4 cm³/mol. The molecule has 1 heterocycles. The molecule has 17 heavy (non-hydrogen) atoms. The molecule has 0 saturated carbocycles. The van der Waals surface area contributed by atoms with Gasteiger partial charge in [0.15, 0.2) is 10.1 Å². The van der Waals surface area contributed by atoms with Crippen molar-refractivity contribution in [2.24, 2.45) is 0 Å². The number of nitro groups is 1. The van der Waals surface area contributed by atoms with E-state index in [2.05, 4.69) is 0 Å². The summed E-state index contributed by atoms with van der Waals surface area (Å²) >= 11 is 1.34. The van der Waals surface area contributed by atoms with E-state index in [1.54, 1.807) is 27.2 Å². The molecule has 0 aliphatic rings. The summed E-state index contributed by atoms with van der Waals surface area (Å²) in [7, 11) is 3.11. The lowest BCUT2D eigenvalue weighted by atomic mass is 10.1. The lowest BCUT2D eigenvalue weighted by Crippen LogP contribution is -1.97. The number of thiophene rings is 1. The van der Waals surface area contributed by atoms with E-state index >= 15 is 0 Å². The summed E-state index contributed by atoms with van der Waals surface area (Å²) in [6, 6.07) is 0. The fourth-order valence-electron chi connectivity index (χ4n) is 1.44. The van der Waals surface area contributed by atoms with E-state index in [4.69, 9.17) is 9.47 Å². The summed E-state index contributed by atoms with van der Waals surface area (Å²) in [6.45, 7) is 3.61. The number of nitrogens with zero attached hydrogens (tertiary/aromatic N) is 1. The monoisotopic (exact) mass is 257 g/mol. The Morgan fingerprint density at radius 3 is 2.41 bits per heavy atom. The molecule has 0 saturated heterocycles. The van der Waals surface area contributed by atoms with E-state index in [0.717, 1.165) is 11.1 Å². The van der Waals surface area contributed by atoms with Crippen LogP contribution in [0.15, 0.2) is 5.70 Å². The number of hydrogen-bond donors (Lipinski definition) is 0. The van der Waals surface area contributed by atoms with Crippen LogP contribution >= 0.6 is 11.3 Å². The van der Waals surface area contributed by atoms with Gasteiger partial charge in [-0.2, -0.15) is 0 Å². The van der Waals surface area contributed by atoms with E-state index < -0.39 is 0 Å². The first kappa shape index (κ1) is 13.5. The molecule has 94 valence electrons. The first-order chi connectivity index (χ1) is 8.04. The van der Waals surface area contributed by atoms with Gasteiger partial charge in [0.2, 0.25) is 5.70 Å². The number of ether oxygens (including phenoxy) is 2. The molecule has 0 aromatic carbocycles. The van der Waals surface area contributed by atoms with Gasteiger partial charge in [0, 0.05) is 23.6 Å². The molecule has 6 heteroatoms. The van der Waals surface area contributed by atoms with Crippen molar-refractivity contribution >= 4 is 17.4 Å². The number of allylic oxidation sites excluding steroid dienone is 1. The Kier molecular flexibility index (Phi) is 4.51. The predicted octanol–water partition coefficient (Wildman–Crippen LogP) is 3.10. The lowest BCUT2D eigenvalue weighted by molar-refractivity contribution is -0.425. The Balaban J connectivity index is 3.29. The van der Waals surface area contributed by atoms with E-state index in [0.29, 0.717) is 16.5 Å². The summed E-state index contributed by atoms with van der Waals surface area (Å²) in [5.74, 6) is 0. The van der Waals surface area contributed by atoms with Gasteiger partial charge in [0.25, 0.3) is 0 Å². The topological polar surface area (TPSA) is 61.6 Å². The zero-order valence-corrected chi connectivity index (χ0v) is 11.1. The molecular formula is C11H15NO4S. The van der Waals surface area contributed by atoms with Crippen LogP contribution in [0.5, 0.6) is 10.1 Å². The van der Waals surface area contributed by atoms with E-state index in [9.17, 15) is 10.1 Å². The second kappa shape index (κ2) is 5.67. The number of methoxy groups -OCH3 is 2. The van der Waals surface area contributed by atoms with Crippen LogP contribution < -0.4 is 9.47 Å². The highest BCUT2D eigenvalue weighted by Crippen LogP contribution is 2.41. The third-order valence-electron chi connectivity index (χ3n) is 2.39. The summed E-state index contributed by atoms with van der Waals surface area (Å²) in [4.78, 5) is 10.4. The van der Waals surface area contributed by atoms with Crippen LogP contribution in [0.2, 0.25) is 0 Å². The van der Waals surface area contributed by atoms with Gasteiger partial charge in [-0.1, -0.05) is 18.3 Å². The minimum Gasteiger partial charge on any atom is -0.487 e. The molecule has 0 bridgehead atoms. The van der Waals surface area contributed by atoms with Crippen LogP contribution in [0.4, 0.5) is 0 Å². The maximum Gasteiger partial charge on any atom is 0.246 e. The van der Waals surface area contributed by atoms with Gasteiger partial charge in [0.1, 0.15) is 0 Å². The third-order valence-corrected chi connectivity index (χ3v) is 3.62. The third kappa shape index (κ3) is 2.76. The summed E-state index contributed by atoms with van der Waals surface area (Å²) < 4.78 is 10.4. The van der Waals surface area contributed by atoms with Crippen LogP contribution in [-0.2, 0) is 0 Å². The smallest absolute Gasteiger partial charge is 0.246 e. The normalized spacial score (nSPS) is 11.4. The molecule has 0 atom stereocenters. The summed E-state index contributed by atoms with van der Waals surface area (Å²) in [6.07, 6.45) is 1.92. The van der Waals surface area contributed by atoms with Crippen LogP contribution in [0.1, 0.15) is 24.5 Å². The Labute approximate surface area is 104 Å². The molecule has 0 amide bonds. The van der Waals surface area contributed by atoms with Crippen LogP contribution in [0.3, 0.4) is 0 Å². The minimum atomic E-state index is -0.372. The fraction of sp³-hybridized carbons (Fsp3) is 0.455. The second-order valence-electron chi connectivity index (χ2n) is 3.37. The van der Waals surface area contributed by atoms with Gasteiger partial charge < -0.3 is 9.47 Å². The van der Waals surface area contributed by atoms with E-state index in [1.807, 2.05) is 6.92 Å². The molecule has 1 aromatic rings. The van der Waals surface area contributed by atoms with Crippen molar-refractivity contribution < 1.29 is 14.4 Å². The Bertz CT molecular complexity index is 451. The van der Waals surface area contributed by atoms with Gasteiger partial charge in [-0.3, -0.25) is 10.1 Å². The maximum absolute atomic E-state index is 10.8. The van der Waals surface area contributed by atoms with Crippen molar-refractivity contribution in [1.82, 2.24) is 0 Å². The van der Waals surface area contributed by atoms with Crippen molar-refractivity contribution in [2.75, 3.05) is 14.2 Å². The number of hydrogen-bond acceptors (Lipinski definition) is 5. The zero-order chi connectivity index (χ0) is 13.0. The maximum atomic E-state index is 10.8. The second-order valence-corrected chi connectivity index (χ2v) is 4.32. The highest BCUT2D eigenvalue weighted by molar-refractivity contribution is 7.16. The fourth-order valence-corrected chi connectivity index (χ4v) is 2.36. The van der Waals surface area contributed by atoms with E-state index in [-0.39, 0.29) is 10.6 Å². The molecule has 0 N–H and O–H groups in total. The van der Waals surface area contributed by atoms with Crippen molar-refractivity contribution in [2.45, 2.75) is 20.3 Å². The Morgan fingerprint density at radius 2 is 2.00 bits per heavy atom. The molecule has 1 rings (SSSR count). The summed E-state index contributed by atoms with van der Waals surface area (Å²) in [5, 5.41) is 12.1. The first-order valence-corrected chi connectivity index (χ1v) is 5.93. The molecule has 5 nitrogen and oxygen atoms in total. The summed E-state index contributed by atoms with van der Waals surface area (Å²) in [5.41, 5.74) is 1.75. The van der Waals surface area contributed by atoms with Gasteiger partial charge in [-0.05, 0) is 6.92 Å². The standard InChI is InChI=1S/C11H15NO4S/c1-5-8(12(13)14)6-9-7(2)10(15-3)17-11(9)16-4/h6H,5H2,1-4H3.